The molecule has 0 aliphatic carbocycles. The Bertz CT molecular complexity index is 1020. The molecule has 0 aliphatic heterocycles. The minimum absolute atomic E-state index is 0.0337. The first-order valence-electron chi connectivity index (χ1n) is 12.6. The van der Waals surface area contributed by atoms with E-state index in [0.717, 1.165) is 5.56 Å². The van der Waals surface area contributed by atoms with Gasteiger partial charge >= 0.3 is 5.97 Å². The summed E-state index contributed by atoms with van der Waals surface area (Å²) in [5, 5.41) is 16.9. The van der Waals surface area contributed by atoms with E-state index < -0.39 is 66.1 Å². The Balaban J connectivity index is 3.05. The number of hydrogen-bond acceptors (Lipinski definition) is 7. The minimum Gasteiger partial charge on any atom is -0.480 e. The van der Waals surface area contributed by atoms with Crippen LogP contribution in [0, 0.1) is 5.92 Å². The molecule has 0 bridgehead atoms. The van der Waals surface area contributed by atoms with E-state index in [2.05, 4.69) is 20.9 Å². The Labute approximate surface area is 227 Å². The second kappa shape index (κ2) is 16.6. The van der Waals surface area contributed by atoms with Crippen molar-refractivity contribution in [2.45, 2.75) is 70.1 Å². The van der Waals surface area contributed by atoms with Crippen LogP contribution in [0.25, 0.3) is 0 Å². The van der Waals surface area contributed by atoms with E-state index >= 15 is 0 Å². The fourth-order valence-corrected chi connectivity index (χ4v) is 3.63. The van der Waals surface area contributed by atoms with Crippen LogP contribution < -0.4 is 38.9 Å². The zero-order valence-corrected chi connectivity index (χ0v) is 22.3. The summed E-state index contributed by atoms with van der Waals surface area (Å²) < 4.78 is 0. The van der Waals surface area contributed by atoms with E-state index in [9.17, 15) is 29.1 Å². The highest BCUT2D eigenvalue weighted by molar-refractivity contribution is 5.96. The SMILES string of the molecule is CCC(C)C(NC(=O)C(CCCN=C(N)N)NC(=O)C(CC(N)=O)NC(=O)C(N)Cc1ccccc1)C(=O)O. The lowest BCUT2D eigenvalue weighted by Gasteiger charge is -2.26. The van der Waals surface area contributed by atoms with Crippen LogP contribution in [0.2, 0.25) is 0 Å². The third-order valence-electron chi connectivity index (χ3n) is 6.03. The number of guanidine groups is 1. The van der Waals surface area contributed by atoms with Crippen LogP contribution >= 0.6 is 0 Å². The number of carbonyl (C=O) groups is 5. The van der Waals surface area contributed by atoms with Gasteiger partial charge in [-0.15, -0.1) is 0 Å². The quantitative estimate of drug-likeness (QED) is 0.0611. The fourth-order valence-electron chi connectivity index (χ4n) is 3.63. The maximum absolute atomic E-state index is 13.1. The number of primary amides is 1. The van der Waals surface area contributed by atoms with E-state index in [1.807, 2.05) is 6.07 Å². The van der Waals surface area contributed by atoms with Crippen molar-refractivity contribution < 1.29 is 29.1 Å². The average Bonchev–Trinajstić information content (AvgIpc) is 2.87. The van der Waals surface area contributed by atoms with Crippen molar-refractivity contribution in [2.24, 2.45) is 33.8 Å². The van der Waals surface area contributed by atoms with E-state index in [1.54, 1.807) is 38.1 Å². The van der Waals surface area contributed by atoms with Crippen LogP contribution in [0.4, 0.5) is 0 Å². The smallest absolute Gasteiger partial charge is 0.326 e. The van der Waals surface area contributed by atoms with Gasteiger partial charge in [0.1, 0.15) is 18.1 Å². The third-order valence-corrected chi connectivity index (χ3v) is 6.03. The van der Waals surface area contributed by atoms with E-state index in [-0.39, 0.29) is 31.8 Å². The minimum atomic E-state index is -1.42. The first-order chi connectivity index (χ1) is 18.3. The van der Waals surface area contributed by atoms with Gasteiger partial charge in [0.05, 0.1) is 12.5 Å². The monoisotopic (exact) mass is 548 g/mol. The molecule has 0 spiro atoms. The topological polar surface area (TPSA) is 258 Å². The number of carboxylic acid groups (broad SMARTS) is 1. The zero-order valence-electron chi connectivity index (χ0n) is 22.3. The largest absolute Gasteiger partial charge is 0.480 e. The highest BCUT2D eigenvalue weighted by atomic mass is 16.4. The average molecular weight is 549 g/mol. The van der Waals surface area contributed by atoms with E-state index in [4.69, 9.17) is 22.9 Å². The molecule has 0 saturated carbocycles. The van der Waals surface area contributed by atoms with Crippen molar-refractivity contribution in [3.05, 3.63) is 35.9 Å². The number of amides is 4. The molecule has 4 amide bonds. The van der Waals surface area contributed by atoms with Gasteiger partial charge in [0, 0.05) is 6.54 Å². The molecule has 14 heteroatoms. The number of rotatable bonds is 17. The van der Waals surface area contributed by atoms with Gasteiger partial charge in [-0.05, 0) is 30.7 Å². The summed E-state index contributed by atoms with van der Waals surface area (Å²) in [5.41, 5.74) is 22.7. The summed E-state index contributed by atoms with van der Waals surface area (Å²) in [4.78, 5) is 66.1. The number of nitrogens with one attached hydrogen (secondary N) is 3. The van der Waals surface area contributed by atoms with Crippen LogP contribution in [-0.4, -0.2) is 71.4 Å². The molecule has 0 aromatic heterocycles. The fraction of sp³-hybridized carbons (Fsp3) is 0.520. The number of carbonyl (C=O) groups excluding carboxylic acids is 4. The molecule has 1 rings (SSSR count). The molecule has 5 atom stereocenters. The van der Waals surface area contributed by atoms with Crippen molar-refractivity contribution in [2.75, 3.05) is 6.54 Å². The van der Waals surface area contributed by atoms with Crippen molar-refractivity contribution in [3.8, 4) is 0 Å². The molecule has 0 aliphatic rings. The summed E-state index contributed by atoms with van der Waals surface area (Å²) in [7, 11) is 0. The predicted molar refractivity (Wildman–Crippen MR) is 145 cm³/mol. The lowest BCUT2D eigenvalue weighted by molar-refractivity contribution is -0.144. The molecule has 0 radical (unpaired) electrons. The van der Waals surface area contributed by atoms with Crippen molar-refractivity contribution in [1.29, 1.82) is 0 Å². The normalized spacial score (nSPS) is 14.5. The van der Waals surface area contributed by atoms with Gasteiger partial charge < -0.3 is 44.0 Å². The van der Waals surface area contributed by atoms with Gasteiger partial charge in [0.2, 0.25) is 23.6 Å². The number of aliphatic imine (C=N–C) groups is 1. The van der Waals surface area contributed by atoms with Crippen LogP contribution in [-0.2, 0) is 30.4 Å². The maximum atomic E-state index is 13.1. The summed E-state index contributed by atoms with van der Waals surface area (Å²) in [6.07, 6.45) is 0.398. The molecule has 39 heavy (non-hydrogen) atoms. The Morgan fingerprint density at radius 1 is 0.923 bits per heavy atom. The van der Waals surface area contributed by atoms with Gasteiger partial charge in [0.25, 0.3) is 0 Å². The summed E-state index contributed by atoms with van der Waals surface area (Å²) in [5.74, 6) is -4.97. The van der Waals surface area contributed by atoms with Crippen LogP contribution in [0.1, 0.15) is 45.1 Å². The first kappa shape index (κ1) is 32.8. The van der Waals surface area contributed by atoms with E-state index in [0.29, 0.717) is 6.42 Å². The van der Waals surface area contributed by atoms with Crippen LogP contribution in [0.5, 0.6) is 0 Å². The molecule has 0 fully saturated rings. The highest BCUT2D eigenvalue weighted by Gasteiger charge is 2.32. The Kier molecular flexibility index (Phi) is 14.0. The molecular weight excluding hydrogens is 508 g/mol. The predicted octanol–water partition coefficient (Wildman–Crippen LogP) is -1.93. The second-order valence-electron chi connectivity index (χ2n) is 9.25. The number of benzene rings is 1. The zero-order chi connectivity index (χ0) is 29.5. The molecule has 12 N–H and O–H groups in total. The number of carboxylic acids is 1. The molecular formula is C25H40N8O6. The van der Waals surface area contributed by atoms with E-state index in [1.165, 1.54) is 0 Å². The first-order valence-corrected chi connectivity index (χ1v) is 12.6. The van der Waals surface area contributed by atoms with Gasteiger partial charge in [0.15, 0.2) is 5.96 Å². The van der Waals surface area contributed by atoms with Gasteiger partial charge in [-0.2, -0.15) is 0 Å². The number of hydrogen-bond donors (Lipinski definition) is 8. The summed E-state index contributed by atoms with van der Waals surface area (Å²) in [6.45, 7) is 3.59. The molecule has 0 saturated heterocycles. The summed E-state index contributed by atoms with van der Waals surface area (Å²) in [6, 6.07) is 4.10. The number of nitrogens with zero attached hydrogens (tertiary/aromatic N) is 1. The standard InChI is InChI=1S/C25H40N8O6/c1-3-14(2)20(24(38)39)33-22(36)17(10-7-11-30-25(28)29)31-23(37)18(13-19(27)34)32-21(35)16(26)12-15-8-5-4-6-9-15/h4-6,8-9,14,16-18,20H,3,7,10-13,26H2,1-2H3,(H2,27,34)(H,31,37)(H,32,35)(H,33,36)(H,38,39)(H4,28,29,30). The number of nitrogens with two attached hydrogens (primary N) is 4. The molecule has 1 aromatic carbocycles. The highest BCUT2D eigenvalue weighted by Crippen LogP contribution is 2.10. The van der Waals surface area contributed by atoms with Crippen LogP contribution in [0.15, 0.2) is 35.3 Å². The van der Waals surface area contributed by atoms with Crippen molar-refractivity contribution in [3.63, 3.8) is 0 Å². The lowest BCUT2D eigenvalue weighted by Crippen LogP contribution is -2.58. The van der Waals surface area contributed by atoms with Gasteiger partial charge in [-0.3, -0.25) is 24.2 Å². The molecule has 5 unspecified atom stereocenters. The van der Waals surface area contributed by atoms with Crippen LogP contribution in [0.3, 0.4) is 0 Å². The van der Waals surface area contributed by atoms with Crippen molar-refractivity contribution in [1.82, 2.24) is 16.0 Å². The Morgan fingerprint density at radius 2 is 1.51 bits per heavy atom. The Morgan fingerprint density at radius 3 is 2.05 bits per heavy atom. The third kappa shape index (κ3) is 12.3. The Hall–Kier alpha value is -4.20. The van der Waals surface area contributed by atoms with Crippen molar-refractivity contribution >= 4 is 35.6 Å². The molecule has 216 valence electrons. The van der Waals surface area contributed by atoms with Gasteiger partial charge in [-0.1, -0.05) is 50.6 Å². The summed E-state index contributed by atoms with van der Waals surface area (Å²) >= 11 is 0. The maximum Gasteiger partial charge on any atom is 0.326 e. The lowest BCUT2D eigenvalue weighted by atomic mass is 9.98. The second-order valence-corrected chi connectivity index (χ2v) is 9.25. The number of aliphatic carboxylic acids is 1. The molecule has 1 aromatic rings. The van der Waals surface area contributed by atoms with Gasteiger partial charge in [-0.25, -0.2) is 4.79 Å². The molecule has 0 heterocycles. The molecule has 14 nitrogen and oxygen atoms in total.